The number of rotatable bonds is 2. The number of aryl methyl sites for hydroxylation is 1. The van der Waals surface area contributed by atoms with Crippen molar-refractivity contribution in [1.82, 2.24) is 0 Å². The van der Waals surface area contributed by atoms with Crippen molar-refractivity contribution in [2.45, 2.75) is 44.1 Å². The van der Waals surface area contributed by atoms with Crippen molar-refractivity contribution >= 4 is 12.4 Å². The van der Waals surface area contributed by atoms with Crippen molar-refractivity contribution in [3.05, 3.63) is 35.1 Å². The summed E-state index contributed by atoms with van der Waals surface area (Å²) in [7, 11) is 0. The Kier molecular flexibility index (Phi) is 3.74. The molecule has 1 fully saturated rings. The van der Waals surface area contributed by atoms with Crippen LogP contribution in [-0.4, -0.2) is 6.04 Å². The summed E-state index contributed by atoms with van der Waals surface area (Å²) in [4.78, 5) is 0. The molecule has 2 atom stereocenters. The fourth-order valence-corrected chi connectivity index (χ4v) is 2.92. The lowest BCUT2D eigenvalue weighted by Crippen LogP contribution is -2.33. The predicted molar refractivity (Wildman–Crippen MR) is 70.0 cm³/mol. The minimum Gasteiger partial charge on any atom is -0.327 e. The number of hydrogen-bond acceptors (Lipinski definition) is 1. The summed E-state index contributed by atoms with van der Waals surface area (Å²) in [6.45, 7) is 0. The Hall–Kier alpha value is -0.600. The van der Waals surface area contributed by atoms with E-state index in [-0.39, 0.29) is 24.3 Å². The third-order valence-corrected chi connectivity index (χ3v) is 4.05. The van der Waals surface area contributed by atoms with Crippen molar-refractivity contribution in [1.29, 1.82) is 0 Å². The molecule has 0 saturated heterocycles. The van der Waals surface area contributed by atoms with Crippen molar-refractivity contribution < 1.29 is 4.39 Å². The molecular weight excluding hydrogens is 237 g/mol. The zero-order chi connectivity index (χ0) is 11.1. The number of halogens is 2. The van der Waals surface area contributed by atoms with E-state index in [1.165, 1.54) is 30.4 Å². The van der Waals surface area contributed by atoms with Gasteiger partial charge in [0.05, 0.1) is 0 Å². The molecule has 3 heteroatoms. The van der Waals surface area contributed by atoms with Crippen LogP contribution in [0.1, 0.15) is 42.7 Å². The molecule has 0 heterocycles. The van der Waals surface area contributed by atoms with Gasteiger partial charge in [0.2, 0.25) is 0 Å². The van der Waals surface area contributed by atoms with E-state index in [1.54, 1.807) is 12.1 Å². The van der Waals surface area contributed by atoms with E-state index in [0.717, 1.165) is 18.8 Å². The van der Waals surface area contributed by atoms with Crippen LogP contribution in [0.3, 0.4) is 0 Å². The van der Waals surface area contributed by atoms with E-state index in [4.69, 9.17) is 5.73 Å². The van der Waals surface area contributed by atoms with Crippen molar-refractivity contribution in [3.8, 4) is 0 Å². The molecule has 1 aromatic carbocycles. The molecule has 0 aliphatic heterocycles. The maximum absolute atomic E-state index is 13.2. The van der Waals surface area contributed by atoms with E-state index >= 15 is 0 Å². The maximum atomic E-state index is 13.2. The predicted octanol–water partition coefficient (Wildman–Crippen LogP) is 3.40. The average molecular weight is 256 g/mol. The Morgan fingerprint density at radius 2 is 2.00 bits per heavy atom. The molecular formula is C14H19ClFN. The summed E-state index contributed by atoms with van der Waals surface area (Å²) in [6.07, 6.45) is 5.88. The van der Waals surface area contributed by atoms with Crippen LogP contribution in [0.15, 0.2) is 18.2 Å². The highest BCUT2D eigenvalue weighted by atomic mass is 35.5. The summed E-state index contributed by atoms with van der Waals surface area (Å²) in [6, 6.07) is 5.51. The van der Waals surface area contributed by atoms with Crippen molar-refractivity contribution in [2.75, 3.05) is 0 Å². The standard InChI is InChI=1S/C14H18FN.ClH/c15-11-4-5-12-10(8-11)3-6-14(16)13(12)7-9-1-2-9;/h4-5,8-9,13-14H,1-3,6-7,16H2;1H. The van der Waals surface area contributed by atoms with Gasteiger partial charge in [0, 0.05) is 6.04 Å². The van der Waals surface area contributed by atoms with E-state index in [0.29, 0.717) is 5.92 Å². The minimum absolute atomic E-state index is 0. The first-order valence-electron chi connectivity index (χ1n) is 6.28. The van der Waals surface area contributed by atoms with Crippen LogP contribution in [0.4, 0.5) is 4.39 Å². The van der Waals surface area contributed by atoms with Gasteiger partial charge < -0.3 is 5.73 Å². The Morgan fingerprint density at radius 3 is 2.71 bits per heavy atom. The zero-order valence-electron chi connectivity index (χ0n) is 9.86. The Balaban J connectivity index is 0.00000108. The van der Waals surface area contributed by atoms with Gasteiger partial charge in [-0.15, -0.1) is 12.4 Å². The summed E-state index contributed by atoms with van der Waals surface area (Å²) >= 11 is 0. The summed E-state index contributed by atoms with van der Waals surface area (Å²) in [5, 5.41) is 0. The molecule has 0 spiro atoms. The fraction of sp³-hybridized carbons (Fsp3) is 0.571. The van der Waals surface area contributed by atoms with Crippen LogP contribution in [0.25, 0.3) is 0 Å². The first kappa shape index (κ1) is 12.8. The Morgan fingerprint density at radius 1 is 1.24 bits per heavy atom. The van der Waals surface area contributed by atoms with Gasteiger partial charge in [-0.3, -0.25) is 0 Å². The first-order chi connectivity index (χ1) is 7.74. The van der Waals surface area contributed by atoms with E-state index < -0.39 is 0 Å². The zero-order valence-corrected chi connectivity index (χ0v) is 10.7. The summed E-state index contributed by atoms with van der Waals surface area (Å²) in [5.41, 5.74) is 8.71. The molecule has 3 rings (SSSR count). The minimum atomic E-state index is -0.112. The Labute approximate surface area is 108 Å². The van der Waals surface area contributed by atoms with Gasteiger partial charge in [0.1, 0.15) is 5.82 Å². The Bertz CT molecular complexity index is 403. The van der Waals surface area contributed by atoms with Gasteiger partial charge in [-0.2, -0.15) is 0 Å². The van der Waals surface area contributed by atoms with E-state index in [2.05, 4.69) is 0 Å². The second-order valence-corrected chi connectivity index (χ2v) is 5.33. The number of hydrogen-bond donors (Lipinski definition) is 1. The molecule has 0 amide bonds. The highest BCUT2D eigenvalue weighted by molar-refractivity contribution is 5.85. The number of fused-ring (bicyclic) bond motifs is 1. The van der Waals surface area contributed by atoms with Gasteiger partial charge in [-0.1, -0.05) is 18.9 Å². The van der Waals surface area contributed by atoms with Crippen LogP contribution >= 0.6 is 12.4 Å². The molecule has 2 unspecified atom stereocenters. The van der Waals surface area contributed by atoms with Crippen LogP contribution in [-0.2, 0) is 6.42 Å². The number of benzene rings is 1. The first-order valence-corrected chi connectivity index (χ1v) is 6.28. The van der Waals surface area contributed by atoms with Crippen molar-refractivity contribution in [2.24, 2.45) is 11.7 Å². The smallest absolute Gasteiger partial charge is 0.123 e. The van der Waals surface area contributed by atoms with Gasteiger partial charge in [-0.25, -0.2) is 4.39 Å². The lowest BCUT2D eigenvalue weighted by Gasteiger charge is -2.31. The highest BCUT2D eigenvalue weighted by Crippen LogP contribution is 2.43. The average Bonchev–Trinajstić information content (AvgIpc) is 3.06. The van der Waals surface area contributed by atoms with Gasteiger partial charge in [0.25, 0.3) is 0 Å². The number of nitrogens with two attached hydrogens (primary N) is 1. The largest absolute Gasteiger partial charge is 0.327 e. The lowest BCUT2D eigenvalue weighted by atomic mass is 9.77. The maximum Gasteiger partial charge on any atom is 0.123 e. The monoisotopic (exact) mass is 255 g/mol. The molecule has 0 aromatic heterocycles. The second-order valence-electron chi connectivity index (χ2n) is 5.33. The van der Waals surface area contributed by atoms with Crippen LogP contribution in [0.2, 0.25) is 0 Å². The van der Waals surface area contributed by atoms with E-state index in [9.17, 15) is 4.39 Å². The molecule has 1 saturated carbocycles. The molecule has 2 aliphatic carbocycles. The van der Waals surface area contributed by atoms with Crippen LogP contribution in [0.5, 0.6) is 0 Å². The van der Waals surface area contributed by atoms with Gasteiger partial charge in [0.15, 0.2) is 0 Å². The summed E-state index contributed by atoms with van der Waals surface area (Å²) < 4.78 is 13.2. The molecule has 94 valence electrons. The van der Waals surface area contributed by atoms with Gasteiger partial charge in [-0.05, 0) is 54.4 Å². The molecule has 1 nitrogen and oxygen atoms in total. The van der Waals surface area contributed by atoms with E-state index in [1.807, 2.05) is 6.07 Å². The van der Waals surface area contributed by atoms with Crippen molar-refractivity contribution in [3.63, 3.8) is 0 Å². The molecule has 2 N–H and O–H groups in total. The topological polar surface area (TPSA) is 26.0 Å². The molecule has 2 aliphatic rings. The van der Waals surface area contributed by atoms with Gasteiger partial charge >= 0.3 is 0 Å². The van der Waals surface area contributed by atoms with Crippen LogP contribution < -0.4 is 5.73 Å². The second kappa shape index (κ2) is 4.95. The molecule has 17 heavy (non-hydrogen) atoms. The SMILES string of the molecule is Cl.NC1CCc2cc(F)ccc2C1CC1CC1. The molecule has 0 radical (unpaired) electrons. The lowest BCUT2D eigenvalue weighted by molar-refractivity contribution is 0.427. The normalized spacial score (nSPS) is 27.2. The quantitative estimate of drug-likeness (QED) is 0.861. The fourth-order valence-electron chi connectivity index (χ4n) is 2.92. The third-order valence-electron chi connectivity index (χ3n) is 4.05. The van der Waals surface area contributed by atoms with Crippen LogP contribution in [0, 0.1) is 11.7 Å². The molecule has 1 aromatic rings. The third kappa shape index (κ3) is 2.63. The summed E-state index contributed by atoms with van der Waals surface area (Å²) in [5.74, 6) is 1.24. The molecule has 0 bridgehead atoms. The highest BCUT2D eigenvalue weighted by Gasteiger charge is 2.32.